The van der Waals surface area contributed by atoms with E-state index in [1.165, 1.54) is 24.8 Å². The summed E-state index contributed by atoms with van der Waals surface area (Å²) >= 11 is 0. The number of aromatic nitrogens is 3. The van der Waals surface area contributed by atoms with Crippen LogP contribution >= 0.6 is 0 Å². The molecule has 0 radical (unpaired) electrons. The molecule has 0 spiro atoms. The molecular weight excluding hydrogens is 602 g/mol. The fraction of sp³-hybridized carbons (Fsp3) is 0.861. The lowest BCUT2D eigenvalue weighted by Gasteiger charge is -2.59. The molecule has 3 saturated carbocycles. The molecule has 1 heterocycles. The highest BCUT2D eigenvalue weighted by Gasteiger charge is 2.61. The number of hydrogen-bond acceptors (Lipinski definition) is 9. The maximum absolute atomic E-state index is 11.9. The molecule has 0 unspecified atom stereocenters. The van der Waals surface area contributed by atoms with Crippen LogP contribution in [-0.2, 0) is 36.7 Å². The normalized spacial score (nSPS) is 33.0. The van der Waals surface area contributed by atoms with Crippen LogP contribution in [0.25, 0.3) is 0 Å². The van der Waals surface area contributed by atoms with Gasteiger partial charge in [-0.2, -0.15) is 0 Å². The highest BCUT2D eigenvalue weighted by atomic mass is 16.6. The number of aliphatic carboxylic acids is 1. The van der Waals surface area contributed by atoms with E-state index in [9.17, 15) is 15.0 Å². The van der Waals surface area contributed by atoms with Crippen LogP contribution in [0.15, 0.2) is 17.8 Å². The van der Waals surface area contributed by atoms with Crippen LogP contribution < -0.4 is 0 Å². The number of hydrogen-bond donors (Lipinski definition) is 3. The number of aliphatic hydroxyl groups excluding tert-OH is 1. The Hall–Kier alpha value is -1.89. The van der Waals surface area contributed by atoms with Gasteiger partial charge >= 0.3 is 5.97 Å². The van der Waals surface area contributed by atoms with E-state index >= 15 is 0 Å². The van der Waals surface area contributed by atoms with Crippen molar-refractivity contribution in [2.24, 2.45) is 34.5 Å². The molecule has 0 saturated heterocycles. The molecule has 0 bridgehead atoms. The molecule has 0 aliphatic heterocycles. The van der Waals surface area contributed by atoms with Gasteiger partial charge in [-0.05, 0) is 106 Å². The van der Waals surface area contributed by atoms with E-state index < -0.39 is 11.6 Å². The van der Waals surface area contributed by atoms with Crippen molar-refractivity contribution in [2.45, 2.75) is 110 Å². The quantitative estimate of drug-likeness (QED) is 0.144. The summed E-state index contributed by atoms with van der Waals surface area (Å²) in [6.07, 6.45) is 14.5. The summed E-state index contributed by atoms with van der Waals surface area (Å²) in [5, 5.41) is 39.5. The number of aryl methyl sites for hydroxylation is 1. The third kappa shape index (κ3) is 8.83. The van der Waals surface area contributed by atoms with Crippen molar-refractivity contribution in [3.05, 3.63) is 23.5 Å². The summed E-state index contributed by atoms with van der Waals surface area (Å²) < 4.78 is 23.5. The second kappa shape index (κ2) is 16.2. The van der Waals surface area contributed by atoms with Crippen molar-refractivity contribution < 1.29 is 39.1 Å². The van der Waals surface area contributed by atoms with Gasteiger partial charge in [0.1, 0.15) is 0 Å². The maximum atomic E-state index is 11.9. The molecule has 8 atom stereocenters. The first-order valence-corrected chi connectivity index (χ1v) is 18.0. The number of ether oxygens (including phenoxy) is 4. The van der Waals surface area contributed by atoms with Crippen molar-refractivity contribution >= 4 is 5.97 Å². The van der Waals surface area contributed by atoms with E-state index in [-0.39, 0.29) is 35.9 Å². The molecule has 0 aromatic carbocycles. The first-order valence-electron chi connectivity index (χ1n) is 18.0. The zero-order chi connectivity index (χ0) is 33.5. The summed E-state index contributed by atoms with van der Waals surface area (Å²) in [7, 11) is 0. The number of carboxylic acids is 1. The molecule has 266 valence electrons. The summed E-state index contributed by atoms with van der Waals surface area (Å²) in [5.74, 6) is 1.47. The summed E-state index contributed by atoms with van der Waals surface area (Å²) in [4.78, 5) is 10.4. The number of allylic oxidation sites excluding steroid dienone is 1. The molecule has 1 aromatic rings. The summed E-state index contributed by atoms with van der Waals surface area (Å²) in [6, 6.07) is 0. The second-order valence-electron chi connectivity index (χ2n) is 15.3. The van der Waals surface area contributed by atoms with Gasteiger partial charge in [0.25, 0.3) is 0 Å². The number of fused-ring (bicyclic) bond motifs is 5. The minimum absolute atomic E-state index is 0.000916. The second-order valence-corrected chi connectivity index (χ2v) is 15.3. The van der Waals surface area contributed by atoms with E-state index in [1.54, 1.807) is 4.68 Å². The Morgan fingerprint density at radius 1 is 0.957 bits per heavy atom. The Morgan fingerprint density at radius 3 is 2.34 bits per heavy atom. The largest absolute Gasteiger partial charge is 0.481 e. The van der Waals surface area contributed by atoms with Gasteiger partial charge in [-0.15, -0.1) is 5.10 Å². The molecule has 3 fully saturated rings. The molecule has 0 amide bonds. The number of carboxylic acid groups (broad SMARTS) is 1. The van der Waals surface area contributed by atoms with Gasteiger partial charge in [-0.25, -0.2) is 4.68 Å². The van der Waals surface area contributed by atoms with Crippen LogP contribution in [0.4, 0.5) is 0 Å². The molecule has 47 heavy (non-hydrogen) atoms. The Morgan fingerprint density at radius 2 is 1.64 bits per heavy atom. The molecule has 5 rings (SSSR count). The fourth-order valence-corrected chi connectivity index (χ4v) is 9.86. The van der Waals surface area contributed by atoms with Crippen LogP contribution in [0.5, 0.6) is 0 Å². The van der Waals surface area contributed by atoms with Crippen molar-refractivity contribution in [1.82, 2.24) is 15.0 Å². The Bertz CT molecular complexity index is 1190. The molecule has 4 aliphatic carbocycles. The van der Waals surface area contributed by atoms with Crippen molar-refractivity contribution in [1.29, 1.82) is 0 Å². The molecule has 11 nitrogen and oxygen atoms in total. The Balaban J connectivity index is 0.980. The van der Waals surface area contributed by atoms with Crippen molar-refractivity contribution in [3.8, 4) is 0 Å². The van der Waals surface area contributed by atoms with E-state index in [0.717, 1.165) is 37.8 Å². The number of rotatable bonds is 19. The van der Waals surface area contributed by atoms with Gasteiger partial charge in [0, 0.05) is 6.20 Å². The monoisotopic (exact) mass is 661 g/mol. The standard InChI is InChI=1S/C36H59N3O8/c1-34-12-9-28(40)24-26(34)4-5-29-30-6-7-32(35(30,2)13-10-31(29)34)36(3,43)14-8-27-25-39(38-37-27)15-17-45-19-21-47-23-22-46-20-18-44-16-11-33(41)42/h4,25,28-32,40,43H,5-24H2,1-3H3,(H,41,42)/t28-,29-,30-,31-,32-,34-,35-,36-/m0/s1. The Kier molecular flexibility index (Phi) is 12.6. The minimum atomic E-state index is -0.870. The predicted octanol–water partition coefficient (Wildman–Crippen LogP) is 4.44. The van der Waals surface area contributed by atoms with Crippen LogP contribution in [0, 0.1) is 34.5 Å². The Labute approximate surface area is 280 Å². The minimum Gasteiger partial charge on any atom is -0.481 e. The zero-order valence-corrected chi connectivity index (χ0v) is 28.9. The topological polar surface area (TPSA) is 145 Å². The van der Waals surface area contributed by atoms with Gasteiger partial charge in [-0.1, -0.05) is 30.7 Å². The number of aliphatic hydroxyl groups is 2. The van der Waals surface area contributed by atoms with Gasteiger partial charge in [0.15, 0.2) is 0 Å². The lowest BCUT2D eigenvalue weighted by Crippen LogP contribution is -2.53. The van der Waals surface area contributed by atoms with E-state index in [0.29, 0.717) is 83.4 Å². The summed E-state index contributed by atoms with van der Waals surface area (Å²) in [5.41, 5.74) is 2.07. The van der Waals surface area contributed by atoms with E-state index in [1.807, 2.05) is 6.20 Å². The molecule has 1 aromatic heterocycles. The highest BCUT2D eigenvalue weighted by Crippen LogP contribution is 2.67. The number of carbonyl (C=O) groups is 1. The average Bonchev–Trinajstić information content (AvgIpc) is 3.64. The lowest BCUT2D eigenvalue weighted by molar-refractivity contribution is -0.138. The van der Waals surface area contributed by atoms with Crippen LogP contribution in [0.2, 0.25) is 0 Å². The first-order chi connectivity index (χ1) is 22.5. The highest BCUT2D eigenvalue weighted by molar-refractivity contribution is 5.66. The van der Waals surface area contributed by atoms with E-state index in [2.05, 4.69) is 37.2 Å². The van der Waals surface area contributed by atoms with Crippen molar-refractivity contribution in [2.75, 3.05) is 52.9 Å². The van der Waals surface area contributed by atoms with Crippen LogP contribution in [0.1, 0.15) is 90.7 Å². The van der Waals surface area contributed by atoms with Gasteiger partial charge in [-0.3, -0.25) is 4.79 Å². The zero-order valence-electron chi connectivity index (χ0n) is 28.9. The van der Waals surface area contributed by atoms with Crippen LogP contribution in [0.3, 0.4) is 0 Å². The van der Waals surface area contributed by atoms with E-state index in [4.69, 9.17) is 24.1 Å². The maximum Gasteiger partial charge on any atom is 0.305 e. The third-order valence-corrected chi connectivity index (χ3v) is 12.3. The third-order valence-electron chi connectivity index (χ3n) is 12.3. The fourth-order valence-electron chi connectivity index (χ4n) is 9.86. The smallest absolute Gasteiger partial charge is 0.305 e. The molecular formula is C36H59N3O8. The first kappa shape index (κ1) is 36.4. The molecule has 4 aliphatic rings. The lowest BCUT2D eigenvalue weighted by atomic mass is 9.46. The predicted molar refractivity (Wildman–Crippen MR) is 176 cm³/mol. The average molecular weight is 662 g/mol. The molecule has 3 N–H and O–H groups in total. The summed E-state index contributed by atoms with van der Waals surface area (Å²) in [6.45, 7) is 11.0. The van der Waals surface area contributed by atoms with Crippen molar-refractivity contribution in [3.63, 3.8) is 0 Å². The van der Waals surface area contributed by atoms with Gasteiger partial charge in [0.05, 0.1) is 83.2 Å². The molecule has 11 heteroatoms. The SMILES string of the molecule is C[C@]12CC[C@H]3[C@@H](CC=C4C[C@@H](O)CC[C@@]43C)[C@@H]1CC[C@@H]2[C@@](C)(O)CCc1cn(CCOCCOCCOCCOCCC(=O)O)nn1. The van der Waals surface area contributed by atoms with Gasteiger partial charge in [0.2, 0.25) is 0 Å². The number of nitrogens with zero attached hydrogens (tertiary/aromatic N) is 3. The van der Waals surface area contributed by atoms with Crippen LogP contribution in [-0.4, -0.2) is 101 Å². The van der Waals surface area contributed by atoms with Gasteiger partial charge < -0.3 is 34.3 Å².